The molecule has 0 unspecified atom stereocenters. The van der Waals surface area contributed by atoms with Gasteiger partial charge in [-0.25, -0.2) is 9.69 Å². The summed E-state index contributed by atoms with van der Waals surface area (Å²) in [5.74, 6) is -0.932. The minimum absolute atomic E-state index is 0.0301. The number of anilines is 1. The van der Waals surface area contributed by atoms with Gasteiger partial charge in [0.25, 0.3) is 5.91 Å². The molecule has 184 valence electrons. The predicted octanol–water partition coefficient (Wildman–Crippen LogP) is 6.98. The molecular formula is C20H15F8N3O2S. The highest BCUT2D eigenvalue weighted by atomic mass is 32.5. The molecule has 2 aromatic carbocycles. The first-order valence-corrected chi connectivity index (χ1v) is 11.2. The maximum atomic E-state index is 13.3. The Morgan fingerprint density at radius 2 is 1.53 bits per heavy atom. The number of nitrogens with zero attached hydrogens (tertiary/aromatic N) is 3. The fourth-order valence-corrected chi connectivity index (χ4v) is 4.02. The van der Waals surface area contributed by atoms with Crippen molar-refractivity contribution in [3.05, 3.63) is 59.2 Å². The SMILES string of the molecule is CC1(C)C(=O)N(c2ccc(C#N)c(C(F)(F)F)c2)C(=O)N1Cc1ccc(S(F)(F)(F)(F)F)cc1. The predicted molar refractivity (Wildman–Crippen MR) is 107 cm³/mol. The molecule has 1 aliphatic rings. The maximum absolute atomic E-state index is 13.3. The monoisotopic (exact) mass is 513 g/mol. The van der Waals surface area contributed by atoms with Gasteiger partial charge >= 0.3 is 22.4 Å². The lowest BCUT2D eigenvalue weighted by Crippen LogP contribution is -2.43. The number of hydrogen-bond donors (Lipinski definition) is 0. The third-order valence-electron chi connectivity index (χ3n) is 5.22. The van der Waals surface area contributed by atoms with Crippen molar-refractivity contribution in [2.75, 3.05) is 4.90 Å². The Labute approximate surface area is 187 Å². The molecule has 14 heteroatoms. The normalized spacial score (nSPS) is 18.5. The van der Waals surface area contributed by atoms with E-state index in [1.807, 2.05) is 0 Å². The highest BCUT2D eigenvalue weighted by molar-refractivity contribution is 8.45. The number of carbonyl (C=O) groups excluding carboxylic acids is 2. The zero-order chi connectivity index (χ0) is 26.0. The molecule has 1 heterocycles. The topological polar surface area (TPSA) is 64.4 Å². The molecule has 1 aliphatic heterocycles. The molecule has 3 rings (SSSR count). The number of imide groups is 1. The quantitative estimate of drug-likeness (QED) is 0.327. The van der Waals surface area contributed by atoms with Gasteiger partial charge in [-0.2, -0.15) is 18.4 Å². The van der Waals surface area contributed by atoms with Gasteiger partial charge in [-0.05, 0) is 49.7 Å². The Bertz CT molecular complexity index is 1230. The Morgan fingerprint density at radius 3 is 2.00 bits per heavy atom. The number of amides is 3. The second-order valence-electron chi connectivity index (χ2n) is 8.02. The summed E-state index contributed by atoms with van der Waals surface area (Å²) in [6.07, 6.45) is -4.95. The van der Waals surface area contributed by atoms with Gasteiger partial charge in [-0.1, -0.05) is 31.6 Å². The number of hydrogen-bond acceptors (Lipinski definition) is 3. The summed E-state index contributed by atoms with van der Waals surface area (Å²) in [4.78, 5) is 25.1. The first-order chi connectivity index (χ1) is 15.2. The molecule has 2 aromatic rings. The third-order valence-corrected chi connectivity index (χ3v) is 6.38. The first-order valence-electron chi connectivity index (χ1n) is 9.27. The third kappa shape index (κ3) is 4.52. The van der Waals surface area contributed by atoms with Crippen LogP contribution >= 0.6 is 10.2 Å². The van der Waals surface area contributed by atoms with Gasteiger partial charge in [-0.15, -0.1) is 0 Å². The number of carbonyl (C=O) groups is 2. The van der Waals surface area contributed by atoms with E-state index in [-0.39, 0.29) is 17.7 Å². The Balaban J connectivity index is 1.97. The lowest BCUT2D eigenvalue weighted by Gasteiger charge is -2.40. The van der Waals surface area contributed by atoms with Crippen LogP contribution < -0.4 is 4.90 Å². The summed E-state index contributed by atoms with van der Waals surface area (Å²) in [7, 11) is -9.91. The number of urea groups is 1. The van der Waals surface area contributed by atoms with E-state index in [1.54, 1.807) is 0 Å². The van der Waals surface area contributed by atoms with E-state index >= 15 is 0 Å². The van der Waals surface area contributed by atoms with Crippen molar-refractivity contribution < 1.29 is 42.2 Å². The molecule has 0 radical (unpaired) electrons. The summed E-state index contributed by atoms with van der Waals surface area (Å²) < 4.78 is 104. The van der Waals surface area contributed by atoms with E-state index in [9.17, 15) is 42.2 Å². The van der Waals surface area contributed by atoms with Crippen LogP contribution in [0.25, 0.3) is 0 Å². The van der Waals surface area contributed by atoms with Crippen LogP contribution in [0.4, 0.5) is 43.1 Å². The summed E-state index contributed by atoms with van der Waals surface area (Å²) in [6, 6.07) is 4.28. The Hall–Kier alpha value is -3.34. The van der Waals surface area contributed by atoms with Crippen molar-refractivity contribution in [1.29, 1.82) is 5.26 Å². The van der Waals surface area contributed by atoms with Gasteiger partial charge in [-0.3, -0.25) is 4.79 Å². The summed E-state index contributed by atoms with van der Waals surface area (Å²) in [5, 5.41) is 8.91. The molecule has 0 atom stereocenters. The lowest BCUT2D eigenvalue weighted by atomic mass is 10.0. The van der Waals surface area contributed by atoms with E-state index in [4.69, 9.17) is 5.26 Å². The molecule has 5 nitrogen and oxygen atoms in total. The minimum atomic E-state index is -9.91. The van der Waals surface area contributed by atoms with Crippen LogP contribution in [-0.2, 0) is 17.5 Å². The number of alkyl halides is 3. The number of benzene rings is 2. The summed E-state index contributed by atoms with van der Waals surface area (Å²) >= 11 is 0. The van der Waals surface area contributed by atoms with Crippen molar-refractivity contribution in [3.8, 4) is 6.07 Å². The van der Waals surface area contributed by atoms with Crippen molar-refractivity contribution >= 4 is 27.8 Å². The minimum Gasteiger partial charge on any atom is -0.305 e. The van der Waals surface area contributed by atoms with Gasteiger partial charge in [0.1, 0.15) is 10.4 Å². The molecule has 0 bridgehead atoms. The standard InChI is InChI=1S/C20H15F8N3O2S/c1-19(2)17(32)31(14-6-5-13(10-29)16(9-14)20(21,22)23)18(33)30(19)11-12-3-7-15(8-4-12)34(24,25,26,27)28/h3-9H,11H2,1-2H3. The Morgan fingerprint density at radius 1 is 0.971 bits per heavy atom. The van der Waals surface area contributed by atoms with Crippen molar-refractivity contribution in [1.82, 2.24) is 4.90 Å². The van der Waals surface area contributed by atoms with Crippen LogP contribution in [0.3, 0.4) is 0 Å². The van der Waals surface area contributed by atoms with Crippen LogP contribution in [0.2, 0.25) is 0 Å². The number of rotatable bonds is 4. The number of halogens is 8. The first kappa shape index (κ1) is 25.3. The second-order valence-corrected chi connectivity index (χ2v) is 10.4. The van der Waals surface area contributed by atoms with E-state index in [2.05, 4.69) is 0 Å². The van der Waals surface area contributed by atoms with E-state index < -0.39 is 62.1 Å². The van der Waals surface area contributed by atoms with Crippen LogP contribution in [0.1, 0.15) is 30.5 Å². The molecular weight excluding hydrogens is 498 g/mol. The van der Waals surface area contributed by atoms with Crippen molar-refractivity contribution in [2.24, 2.45) is 0 Å². The summed E-state index contributed by atoms with van der Waals surface area (Å²) in [5.41, 5.74) is -4.22. The zero-order valence-corrected chi connectivity index (χ0v) is 18.2. The van der Waals surface area contributed by atoms with Crippen LogP contribution in [0.15, 0.2) is 47.4 Å². The molecule has 0 saturated carbocycles. The van der Waals surface area contributed by atoms with E-state index in [0.717, 1.165) is 17.0 Å². The van der Waals surface area contributed by atoms with Crippen molar-refractivity contribution in [2.45, 2.75) is 37.0 Å². The molecule has 0 spiro atoms. The largest absolute Gasteiger partial charge is 0.417 e. The molecule has 0 aliphatic carbocycles. The molecule has 3 amide bonds. The molecule has 0 aromatic heterocycles. The molecule has 1 saturated heterocycles. The van der Waals surface area contributed by atoms with E-state index in [1.165, 1.54) is 19.9 Å². The van der Waals surface area contributed by atoms with Gasteiger partial charge in [0.2, 0.25) is 0 Å². The maximum Gasteiger partial charge on any atom is 0.417 e. The average Bonchev–Trinajstić information content (AvgIpc) is 2.85. The average molecular weight is 513 g/mol. The lowest BCUT2D eigenvalue weighted by molar-refractivity contribution is -0.137. The fourth-order valence-electron chi connectivity index (χ4n) is 3.37. The van der Waals surface area contributed by atoms with Crippen LogP contribution in [-0.4, -0.2) is 22.4 Å². The molecule has 34 heavy (non-hydrogen) atoms. The van der Waals surface area contributed by atoms with Gasteiger partial charge in [0, 0.05) is 6.54 Å². The smallest absolute Gasteiger partial charge is 0.305 e. The van der Waals surface area contributed by atoms with Crippen LogP contribution in [0, 0.1) is 11.3 Å². The van der Waals surface area contributed by atoms with Gasteiger partial charge in [0.05, 0.1) is 22.9 Å². The molecule has 1 fully saturated rings. The highest BCUT2D eigenvalue weighted by Crippen LogP contribution is 3.02. The van der Waals surface area contributed by atoms with Gasteiger partial charge in [0.15, 0.2) is 0 Å². The Kier molecular flexibility index (Phi) is 5.09. The van der Waals surface area contributed by atoms with E-state index in [0.29, 0.717) is 23.1 Å². The number of nitriles is 1. The molecule has 0 N–H and O–H groups in total. The van der Waals surface area contributed by atoms with Gasteiger partial charge < -0.3 is 4.90 Å². The highest BCUT2D eigenvalue weighted by Gasteiger charge is 2.65. The van der Waals surface area contributed by atoms with Crippen molar-refractivity contribution in [3.63, 3.8) is 0 Å². The second kappa shape index (κ2) is 6.84. The van der Waals surface area contributed by atoms with Crippen LogP contribution in [0.5, 0.6) is 0 Å². The fraction of sp³-hybridized carbons (Fsp3) is 0.250. The zero-order valence-electron chi connectivity index (χ0n) is 17.3. The summed E-state index contributed by atoms with van der Waals surface area (Å²) in [6.45, 7) is 2.05.